The summed E-state index contributed by atoms with van der Waals surface area (Å²) in [5, 5.41) is 29.4. The number of allylic oxidation sites excluding steroid dienone is 2. The van der Waals surface area contributed by atoms with E-state index in [-0.39, 0.29) is 45.4 Å². The zero-order valence-corrected chi connectivity index (χ0v) is 24.6. The molecule has 1 fully saturated rings. The summed E-state index contributed by atoms with van der Waals surface area (Å²) in [5.74, 6) is 3.36. The molecule has 0 saturated heterocycles. The summed E-state index contributed by atoms with van der Waals surface area (Å²) in [7, 11) is 1.54. The maximum atomic E-state index is 13.2. The van der Waals surface area contributed by atoms with Gasteiger partial charge in [-0.3, -0.25) is 4.79 Å². The van der Waals surface area contributed by atoms with Crippen LogP contribution in [0.3, 0.4) is 0 Å². The van der Waals surface area contributed by atoms with Crippen molar-refractivity contribution in [1.29, 1.82) is 0 Å². The molecule has 3 aromatic rings. The third kappa shape index (κ3) is 9.67. The average molecular weight is 597 g/mol. The first-order valence-electron chi connectivity index (χ1n) is 14.4. The maximum Gasteiger partial charge on any atom is 0.185 e. The molecule has 1 saturated carbocycles. The van der Waals surface area contributed by atoms with E-state index in [1.165, 1.54) is 0 Å². The molecule has 10 nitrogen and oxygen atoms in total. The molecule has 43 heavy (non-hydrogen) atoms. The highest BCUT2D eigenvalue weighted by atomic mass is 16.5. The first-order chi connectivity index (χ1) is 20.9. The predicted octanol–water partition coefficient (Wildman–Crippen LogP) is 4.84. The zero-order chi connectivity index (χ0) is 30.6. The van der Waals surface area contributed by atoms with Crippen molar-refractivity contribution in [2.75, 3.05) is 26.9 Å². The zero-order valence-electron chi connectivity index (χ0n) is 24.6. The summed E-state index contributed by atoms with van der Waals surface area (Å²) in [5.41, 5.74) is 1.90. The van der Waals surface area contributed by atoms with Gasteiger partial charge in [0.25, 0.3) is 0 Å². The number of carbonyl (C=O) groups excluding carboxylic acids is 1. The molecule has 3 N–H and O–H groups in total. The van der Waals surface area contributed by atoms with Gasteiger partial charge in [0.1, 0.15) is 60.5 Å². The van der Waals surface area contributed by atoms with Crippen LogP contribution < -0.4 is 9.47 Å². The summed E-state index contributed by atoms with van der Waals surface area (Å²) >= 11 is 0. The first kappa shape index (κ1) is 32.2. The van der Waals surface area contributed by atoms with E-state index >= 15 is 0 Å². The molecule has 0 radical (unpaired) electrons. The number of hydrogen-bond acceptors (Lipinski definition) is 10. The number of methoxy groups -OCH3 is 1. The van der Waals surface area contributed by atoms with Crippen molar-refractivity contribution in [3.05, 3.63) is 82.2 Å². The summed E-state index contributed by atoms with van der Waals surface area (Å²) in [6.45, 7) is 2.33. The van der Waals surface area contributed by atoms with E-state index < -0.39 is 12.2 Å². The van der Waals surface area contributed by atoms with Gasteiger partial charge >= 0.3 is 0 Å². The van der Waals surface area contributed by atoms with Crippen LogP contribution in [0.2, 0.25) is 0 Å². The molecule has 1 aliphatic rings. The Balaban J connectivity index is 1.25. The summed E-state index contributed by atoms with van der Waals surface area (Å²) in [6, 6.07) is 12.2. The smallest absolute Gasteiger partial charge is 0.185 e. The molecule has 10 heteroatoms. The van der Waals surface area contributed by atoms with Crippen LogP contribution in [0.25, 0.3) is 12.2 Å². The maximum absolute atomic E-state index is 13.2. The molecule has 2 heterocycles. The van der Waals surface area contributed by atoms with Gasteiger partial charge in [0.2, 0.25) is 0 Å². The monoisotopic (exact) mass is 596 g/mol. The van der Waals surface area contributed by atoms with E-state index in [1.807, 2.05) is 6.92 Å². The van der Waals surface area contributed by atoms with Crippen molar-refractivity contribution >= 4 is 17.9 Å². The minimum atomic E-state index is -0.887. The number of Topliss-reactive ketones (excluding diaryl/α,β-unsaturated/α-hetero) is 1. The van der Waals surface area contributed by atoms with Gasteiger partial charge in [-0.05, 0) is 80.3 Å². The van der Waals surface area contributed by atoms with Crippen LogP contribution in [-0.4, -0.2) is 60.2 Å². The molecule has 0 spiro atoms. The molecule has 2 unspecified atom stereocenters. The number of ketones is 1. The molecule has 232 valence electrons. The van der Waals surface area contributed by atoms with E-state index in [2.05, 4.69) is 0 Å². The second-order valence-corrected chi connectivity index (χ2v) is 10.3. The van der Waals surface area contributed by atoms with E-state index in [4.69, 9.17) is 27.8 Å². The van der Waals surface area contributed by atoms with Crippen LogP contribution >= 0.6 is 0 Å². The Labute approximate surface area is 251 Å². The highest BCUT2D eigenvalue weighted by Crippen LogP contribution is 2.29. The van der Waals surface area contributed by atoms with Crippen LogP contribution in [-0.2, 0) is 34.1 Å². The van der Waals surface area contributed by atoms with Gasteiger partial charge in [-0.15, -0.1) is 0 Å². The first-order valence-corrected chi connectivity index (χ1v) is 14.4. The molecule has 2 aromatic heterocycles. The summed E-state index contributed by atoms with van der Waals surface area (Å²) < 4.78 is 33.5. The van der Waals surface area contributed by atoms with Gasteiger partial charge in [0.05, 0.1) is 33.0 Å². The van der Waals surface area contributed by atoms with Crippen molar-refractivity contribution < 1.29 is 47.9 Å². The van der Waals surface area contributed by atoms with Gasteiger partial charge in [-0.2, -0.15) is 0 Å². The number of ether oxygens (including phenoxy) is 4. The Morgan fingerprint density at radius 2 is 1.47 bits per heavy atom. The molecular weight excluding hydrogens is 556 g/mol. The Bertz CT molecular complexity index is 1380. The summed E-state index contributed by atoms with van der Waals surface area (Å²) in [6.07, 6.45) is 4.92. The lowest BCUT2D eigenvalue weighted by Crippen LogP contribution is -2.23. The number of hydrogen-bond donors (Lipinski definition) is 3. The largest absolute Gasteiger partial charge is 0.497 e. The normalized spacial score (nSPS) is 17.0. The fourth-order valence-electron chi connectivity index (χ4n) is 4.51. The number of carbonyl (C=O) groups is 1. The van der Waals surface area contributed by atoms with Crippen LogP contribution in [0.4, 0.5) is 0 Å². The lowest BCUT2D eigenvalue weighted by atomic mass is 9.88. The third-order valence-corrected chi connectivity index (χ3v) is 6.92. The molecule has 0 aliphatic heterocycles. The van der Waals surface area contributed by atoms with E-state index in [0.29, 0.717) is 70.5 Å². The lowest BCUT2D eigenvalue weighted by molar-refractivity contribution is -0.112. The molecule has 4 rings (SSSR count). The van der Waals surface area contributed by atoms with Crippen molar-refractivity contribution in [1.82, 2.24) is 0 Å². The minimum Gasteiger partial charge on any atom is -0.497 e. The SMILES string of the molecule is CCC(O)COCc1ccc(C=C2CCCC(=Cc3ccc(COCC(O)COc4ccc(OC)cc4CO)o3)C2=O)o1. The third-order valence-electron chi connectivity index (χ3n) is 6.92. The number of furan rings is 2. The minimum absolute atomic E-state index is 0.0109. The highest BCUT2D eigenvalue weighted by Gasteiger charge is 2.22. The number of benzene rings is 1. The van der Waals surface area contributed by atoms with Crippen LogP contribution in [0, 0.1) is 0 Å². The highest BCUT2D eigenvalue weighted by molar-refractivity contribution is 6.13. The number of rotatable bonds is 16. The van der Waals surface area contributed by atoms with Crippen LogP contribution in [0.1, 0.15) is 61.2 Å². The number of aliphatic hydroxyl groups is 3. The second-order valence-electron chi connectivity index (χ2n) is 10.3. The van der Waals surface area contributed by atoms with Crippen molar-refractivity contribution in [2.24, 2.45) is 0 Å². The van der Waals surface area contributed by atoms with Gasteiger partial charge in [0.15, 0.2) is 5.78 Å². The Morgan fingerprint density at radius 1 is 0.860 bits per heavy atom. The molecule has 1 aliphatic carbocycles. The average Bonchev–Trinajstić information content (AvgIpc) is 3.67. The second kappa shape index (κ2) is 16.3. The molecular formula is C33H40O10. The van der Waals surface area contributed by atoms with Gasteiger partial charge in [-0.1, -0.05) is 6.92 Å². The van der Waals surface area contributed by atoms with Crippen molar-refractivity contribution in [3.63, 3.8) is 0 Å². The van der Waals surface area contributed by atoms with Crippen molar-refractivity contribution in [3.8, 4) is 11.5 Å². The quantitative estimate of drug-likeness (QED) is 0.197. The van der Waals surface area contributed by atoms with E-state index in [1.54, 1.807) is 61.7 Å². The van der Waals surface area contributed by atoms with Crippen molar-refractivity contribution in [2.45, 2.75) is 64.6 Å². The predicted molar refractivity (Wildman–Crippen MR) is 158 cm³/mol. The standard InChI is InChI=1S/C33H40O10/c1-3-25(35)17-39-20-30-9-7-28(42-30)13-22-5-4-6-23(33(22)37)14-29-8-10-31(43-29)21-40-18-26(36)19-41-32-12-11-27(38-2)15-24(32)16-34/h7-15,25-26,34-36H,3-6,16-21H2,1-2H3. The lowest BCUT2D eigenvalue weighted by Gasteiger charge is -2.15. The topological polar surface area (TPSA) is 141 Å². The fraction of sp³-hybridized carbons (Fsp3) is 0.424. The molecule has 0 bridgehead atoms. The van der Waals surface area contributed by atoms with E-state index in [9.17, 15) is 20.1 Å². The molecule has 1 aromatic carbocycles. The Hall–Kier alpha value is -3.67. The van der Waals surface area contributed by atoms with Crippen LogP contribution in [0.5, 0.6) is 11.5 Å². The number of aliphatic hydroxyl groups excluding tert-OH is 3. The fourth-order valence-corrected chi connectivity index (χ4v) is 4.51. The van der Waals surface area contributed by atoms with E-state index in [0.717, 1.165) is 6.42 Å². The summed E-state index contributed by atoms with van der Waals surface area (Å²) in [4.78, 5) is 13.2. The van der Waals surface area contributed by atoms with Gasteiger partial charge in [-0.25, -0.2) is 0 Å². The van der Waals surface area contributed by atoms with Gasteiger partial charge < -0.3 is 43.1 Å². The Kier molecular flexibility index (Phi) is 12.2. The molecule has 0 amide bonds. The van der Waals surface area contributed by atoms with Gasteiger partial charge in [0, 0.05) is 16.7 Å². The molecule has 2 atom stereocenters. The van der Waals surface area contributed by atoms with Crippen LogP contribution in [0.15, 0.2) is 62.4 Å². The Morgan fingerprint density at radius 3 is 2.02 bits per heavy atom.